The smallest absolute Gasteiger partial charge is 0.227 e. The van der Waals surface area contributed by atoms with Crippen molar-refractivity contribution in [3.63, 3.8) is 0 Å². The van der Waals surface area contributed by atoms with Gasteiger partial charge in [-0.15, -0.1) is 10.2 Å². The number of halogens is 1. The standard InChI is InChI=1S/C26H29ClN4O/c1-2-3-4-19-5-11-23(12-6-19)28-26(32)21-15-17-31(18-16-21)25-14-13-24(29-30-25)20-7-9-22(27)10-8-20/h5-14,21H,2-4,15-18H2,1H3,(H,28,32). The minimum atomic E-state index is 0.0207. The Kier molecular flexibility index (Phi) is 7.38. The molecule has 1 fully saturated rings. The van der Waals surface area contributed by atoms with Crippen molar-refractivity contribution in [1.29, 1.82) is 0 Å². The average Bonchev–Trinajstić information content (AvgIpc) is 2.84. The van der Waals surface area contributed by atoms with E-state index in [9.17, 15) is 4.79 Å². The molecule has 1 aliphatic heterocycles. The zero-order valence-corrected chi connectivity index (χ0v) is 19.2. The van der Waals surface area contributed by atoms with Gasteiger partial charge in [0.05, 0.1) is 5.69 Å². The predicted octanol–water partition coefficient (Wildman–Crippen LogP) is 5.99. The number of aromatic nitrogens is 2. The van der Waals surface area contributed by atoms with Crippen LogP contribution in [0, 0.1) is 5.92 Å². The molecule has 0 spiro atoms. The number of nitrogens with zero attached hydrogens (tertiary/aromatic N) is 3. The molecule has 1 saturated heterocycles. The van der Waals surface area contributed by atoms with Gasteiger partial charge >= 0.3 is 0 Å². The number of anilines is 2. The number of piperidine rings is 1. The molecular weight excluding hydrogens is 420 g/mol. The van der Waals surface area contributed by atoms with Gasteiger partial charge in [-0.2, -0.15) is 0 Å². The van der Waals surface area contributed by atoms with Gasteiger partial charge in [0.15, 0.2) is 5.82 Å². The molecule has 4 rings (SSSR count). The Bertz CT molecular complexity index is 1010. The number of amides is 1. The van der Waals surface area contributed by atoms with Crippen LogP contribution in [0.5, 0.6) is 0 Å². The molecule has 1 N–H and O–H groups in total. The van der Waals surface area contributed by atoms with Crippen molar-refractivity contribution < 1.29 is 4.79 Å². The van der Waals surface area contributed by atoms with Crippen LogP contribution in [0.2, 0.25) is 5.02 Å². The summed E-state index contributed by atoms with van der Waals surface area (Å²) in [7, 11) is 0. The first kappa shape index (κ1) is 22.3. The molecule has 0 radical (unpaired) electrons. The maximum atomic E-state index is 12.7. The van der Waals surface area contributed by atoms with E-state index in [1.54, 1.807) is 0 Å². The number of carbonyl (C=O) groups excluding carboxylic acids is 1. The highest BCUT2D eigenvalue weighted by molar-refractivity contribution is 6.30. The second-order valence-electron chi connectivity index (χ2n) is 8.33. The lowest BCUT2D eigenvalue weighted by molar-refractivity contribution is -0.120. The van der Waals surface area contributed by atoms with Gasteiger partial charge in [0.25, 0.3) is 0 Å². The molecule has 0 bridgehead atoms. The van der Waals surface area contributed by atoms with E-state index in [-0.39, 0.29) is 11.8 Å². The summed E-state index contributed by atoms with van der Waals surface area (Å²) < 4.78 is 0. The van der Waals surface area contributed by atoms with Crippen LogP contribution in [-0.4, -0.2) is 29.2 Å². The van der Waals surface area contributed by atoms with Gasteiger partial charge in [-0.25, -0.2) is 0 Å². The Labute approximate surface area is 194 Å². The van der Waals surface area contributed by atoms with Crippen LogP contribution in [-0.2, 0) is 11.2 Å². The Morgan fingerprint density at radius 3 is 2.34 bits per heavy atom. The molecule has 166 valence electrons. The first-order valence-electron chi connectivity index (χ1n) is 11.4. The third-order valence-corrected chi connectivity index (χ3v) is 6.27. The zero-order valence-electron chi connectivity index (χ0n) is 18.4. The number of carbonyl (C=O) groups is 1. The first-order valence-corrected chi connectivity index (χ1v) is 11.7. The minimum absolute atomic E-state index is 0.0207. The molecule has 32 heavy (non-hydrogen) atoms. The van der Waals surface area contributed by atoms with E-state index < -0.39 is 0 Å². The SMILES string of the molecule is CCCCc1ccc(NC(=O)C2CCN(c3ccc(-c4ccc(Cl)cc4)nn3)CC2)cc1. The lowest BCUT2D eigenvalue weighted by Crippen LogP contribution is -2.38. The highest BCUT2D eigenvalue weighted by Gasteiger charge is 2.26. The number of nitrogens with one attached hydrogen (secondary N) is 1. The maximum absolute atomic E-state index is 12.7. The number of benzene rings is 2. The Morgan fingerprint density at radius 1 is 1.00 bits per heavy atom. The fourth-order valence-electron chi connectivity index (χ4n) is 4.02. The van der Waals surface area contributed by atoms with Gasteiger partial charge in [-0.1, -0.05) is 49.2 Å². The largest absolute Gasteiger partial charge is 0.355 e. The van der Waals surface area contributed by atoms with Gasteiger partial charge in [0.1, 0.15) is 0 Å². The van der Waals surface area contributed by atoms with Crippen molar-refractivity contribution >= 4 is 29.0 Å². The first-order chi connectivity index (χ1) is 15.6. The van der Waals surface area contributed by atoms with Gasteiger partial charge in [0.2, 0.25) is 5.91 Å². The Morgan fingerprint density at radius 2 is 1.72 bits per heavy atom. The van der Waals surface area contributed by atoms with Crippen molar-refractivity contribution in [2.75, 3.05) is 23.3 Å². The van der Waals surface area contributed by atoms with Crippen LogP contribution < -0.4 is 10.2 Å². The predicted molar refractivity (Wildman–Crippen MR) is 131 cm³/mol. The summed E-state index contributed by atoms with van der Waals surface area (Å²) in [5, 5.41) is 12.6. The fraction of sp³-hybridized carbons (Fsp3) is 0.346. The van der Waals surface area contributed by atoms with Crippen LogP contribution in [0.3, 0.4) is 0 Å². The molecule has 1 amide bonds. The molecule has 5 nitrogen and oxygen atoms in total. The molecule has 2 heterocycles. The number of rotatable bonds is 7. The molecule has 0 saturated carbocycles. The molecule has 3 aromatic rings. The third kappa shape index (κ3) is 5.65. The molecule has 0 atom stereocenters. The van der Waals surface area contributed by atoms with Crippen molar-refractivity contribution in [3.05, 3.63) is 71.2 Å². The van der Waals surface area contributed by atoms with Crippen LogP contribution >= 0.6 is 11.6 Å². The van der Waals surface area contributed by atoms with E-state index in [2.05, 4.69) is 39.5 Å². The molecule has 1 aromatic heterocycles. The monoisotopic (exact) mass is 448 g/mol. The summed E-state index contributed by atoms with van der Waals surface area (Å²) in [6, 6.07) is 19.8. The van der Waals surface area contributed by atoms with Crippen LogP contribution in [0.4, 0.5) is 11.5 Å². The third-order valence-electron chi connectivity index (χ3n) is 6.02. The van der Waals surface area contributed by atoms with Gasteiger partial charge < -0.3 is 10.2 Å². The molecule has 0 aliphatic carbocycles. The van der Waals surface area contributed by atoms with Gasteiger partial charge in [-0.3, -0.25) is 4.79 Å². The normalized spacial score (nSPS) is 14.4. The molecule has 1 aliphatic rings. The van der Waals surface area contributed by atoms with E-state index in [1.807, 2.05) is 48.5 Å². The van der Waals surface area contributed by atoms with E-state index in [0.717, 1.165) is 55.1 Å². The summed E-state index contributed by atoms with van der Waals surface area (Å²) in [6.07, 6.45) is 5.09. The molecule has 0 unspecified atom stereocenters. The maximum Gasteiger partial charge on any atom is 0.227 e. The number of hydrogen-bond acceptors (Lipinski definition) is 4. The Hall–Kier alpha value is -2.92. The highest BCUT2D eigenvalue weighted by Crippen LogP contribution is 2.25. The zero-order chi connectivity index (χ0) is 22.3. The summed E-state index contributed by atoms with van der Waals surface area (Å²) in [6.45, 7) is 3.79. The van der Waals surface area contributed by atoms with Crippen molar-refractivity contribution in [2.45, 2.75) is 39.0 Å². The number of unbranched alkanes of at least 4 members (excludes halogenated alkanes) is 1. The van der Waals surface area contributed by atoms with Crippen molar-refractivity contribution in [3.8, 4) is 11.3 Å². The second kappa shape index (κ2) is 10.6. The topological polar surface area (TPSA) is 58.1 Å². The second-order valence-corrected chi connectivity index (χ2v) is 8.77. The van der Waals surface area contributed by atoms with E-state index in [4.69, 9.17) is 11.6 Å². The molecule has 6 heteroatoms. The average molecular weight is 449 g/mol. The molecule has 2 aromatic carbocycles. The lowest BCUT2D eigenvalue weighted by Gasteiger charge is -2.31. The lowest BCUT2D eigenvalue weighted by atomic mass is 9.95. The number of hydrogen-bond donors (Lipinski definition) is 1. The van der Waals surface area contributed by atoms with Crippen LogP contribution in [0.1, 0.15) is 38.2 Å². The van der Waals surface area contributed by atoms with E-state index >= 15 is 0 Å². The Balaban J connectivity index is 1.29. The van der Waals surface area contributed by atoms with E-state index in [0.29, 0.717) is 5.02 Å². The van der Waals surface area contributed by atoms with Gasteiger partial charge in [-0.05, 0) is 67.6 Å². The fourth-order valence-corrected chi connectivity index (χ4v) is 4.15. The van der Waals surface area contributed by atoms with Crippen molar-refractivity contribution in [1.82, 2.24) is 10.2 Å². The van der Waals surface area contributed by atoms with E-state index in [1.165, 1.54) is 18.4 Å². The van der Waals surface area contributed by atoms with Gasteiger partial charge in [0, 0.05) is 35.3 Å². The molecular formula is C26H29ClN4O. The summed E-state index contributed by atoms with van der Waals surface area (Å²) >= 11 is 5.96. The van der Waals surface area contributed by atoms with Crippen LogP contribution in [0.15, 0.2) is 60.7 Å². The minimum Gasteiger partial charge on any atom is -0.355 e. The summed E-state index contributed by atoms with van der Waals surface area (Å²) in [5.41, 5.74) is 4.00. The summed E-state index contributed by atoms with van der Waals surface area (Å²) in [4.78, 5) is 14.9. The van der Waals surface area contributed by atoms with Crippen molar-refractivity contribution in [2.24, 2.45) is 5.92 Å². The number of aryl methyl sites for hydroxylation is 1. The quantitative estimate of drug-likeness (QED) is 0.482. The highest BCUT2D eigenvalue weighted by atomic mass is 35.5. The van der Waals surface area contributed by atoms with Crippen LogP contribution in [0.25, 0.3) is 11.3 Å². The summed E-state index contributed by atoms with van der Waals surface area (Å²) in [5.74, 6) is 0.978.